The largest absolute Gasteiger partial charge is 0.491 e. The summed E-state index contributed by atoms with van der Waals surface area (Å²) >= 11 is 0. The van der Waals surface area contributed by atoms with Gasteiger partial charge in [0.15, 0.2) is 0 Å². The molecule has 142 valence electrons. The minimum atomic E-state index is -0.744. The predicted octanol–water partition coefficient (Wildman–Crippen LogP) is 4.25. The molecule has 4 heteroatoms. The van der Waals surface area contributed by atoms with Crippen LogP contribution in [0.4, 0.5) is 0 Å². The molecule has 1 aromatic heterocycles. The first-order valence-electron chi connectivity index (χ1n) is 9.70. The van der Waals surface area contributed by atoms with E-state index in [0.717, 1.165) is 62.6 Å². The van der Waals surface area contributed by atoms with Crippen LogP contribution >= 0.6 is 0 Å². The Bertz CT molecular complexity index is 714. The van der Waals surface area contributed by atoms with Crippen molar-refractivity contribution in [3.63, 3.8) is 0 Å². The first kappa shape index (κ1) is 19.0. The summed E-state index contributed by atoms with van der Waals surface area (Å²) in [6.45, 7) is 9.21. The average Bonchev–Trinajstić information content (AvgIpc) is 3.06. The van der Waals surface area contributed by atoms with Gasteiger partial charge in [0.2, 0.25) is 0 Å². The van der Waals surface area contributed by atoms with E-state index >= 15 is 0 Å². The zero-order valence-electron chi connectivity index (χ0n) is 16.3. The minimum absolute atomic E-state index is 0.352. The number of ether oxygens (including phenoxy) is 1. The van der Waals surface area contributed by atoms with Crippen LogP contribution in [0.3, 0.4) is 0 Å². The number of furan rings is 1. The SMILES string of the molecule is CCCc1ccc(CN2CCC(O)(COc3ccc(C)c(C)c3)CC2)o1. The van der Waals surface area contributed by atoms with Crippen LogP contribution in [0.25, 0.3) is 0 Å². The Kier molecular flexibility index (Phi) is 6.05. The fraction of sp³-hybridized carbons (Fsp3) is 0.545. The Morgan fingerprint density at radius 1 is 1.08 bits per heavy atom. The van der Waals surface area contributed by atoms with Crippen LogP contribution in [0.5, 0.6) is 5.75 Å². The van der Waals surface area contributed by atoms with Gasteiger partial charge in [-0.05, 0) is 68.5 Å². The molecule has 26 heavy (non-hydrogen) atoms. The third-order valence-electron chi connectivity index (χ3n) is 5.37. The van der Waals surface area contributed by atoms with Gasteiger partial charge in [0.05, 0.1) is 6.54 Å². The molecule has 2 aromatic rings. The van der Waals surface area contributed by atoms with E-state index < -0.39 is 5.60 Å². The van der Waals surface area contributed by atoms with Gasteiger partial charge in [-0.15, -0.1) is 0 Å². The Morgan fingerprint density at radius 3 is 2.50 bits per heavy atom. The number of hydrogen-bond donors (Lipinski definition) is 1. The molecule has 2 heterocycles. The molecule has 4 nitrogen and oxygen atoms in total. The fourth-order valence-electron chi connectivity index (χ4n) is 3.40. The van der Waals surface area contributed by atoms with Crippen LogP contribution < -0.4 is 4.74 Å². The summed E-state index contributed by atoms with van der Waals surface area (Å²) < 4.78 is 11.8. The zero-order chi connectivity index (χ0) is 18.6. The van der Waals surface area contributed by atoms with E-state index in [1.807, 2.05) is 12.1 Å². The second-order valence-electron chi connectivity index (χ2n) is 7.65. The van der Waals surface area contributed by atoms with Crippen LogP contribution in [0.1, 0.15) is 48.8 Å². The van der Waals surface area contributed by atoms with Gasteiger partial charge in [-0.3, -0.25) is 4.90 Å². The Hall–Kier alpha value is -1.78. The molecule has 3 rings (SSSR count). The highest BCUT2D eigenvalue weighted by Gasteiger charge is 2.33. The summed E-state index contributed by atoms with van der Waals surface area (Å²) in [5.41, 5.74) is 1.72. The van der Waals surface area contributed by atoms with Crippen LogP contribution in [0.2, 0.25) is 0 Å². The maximum atomic E-state index is 10.8. The number of aryl methyl sites for hydroxylation is 3. The lowest BCUT2D eigenvalue weighted by Crippen LogP contribution is -2.47. The van der Waals surface area contributed by atoms with Crippen molar-refractivity contribution < 1.29 is 14.3 Å². The monoisotopic (exact) mass is 357 g/mol. The molecule has 1 aliphatic rings. The van der Waals surface area contributed by atoms with Gasteiger partial charge in [-0.25, -0.2) is 0 Å². The quantitative estimate of drug-likeness (QED) is 0.804. The van der Waals surface area contributed by atoms with Crippen LogP contribution in [-0.4, -0.2) is 35.3 Å². The highest BCUT2D eigenvalue weighted by atomic mass is 16.5. The molecule has 0 saturated carbocycles. The second kappa shape index (κ2) is 8.28. The van der Waals surface area contributed by atoms with Crippen molar-refractivity contribution in [2.75, 3.05) is 19.7 Å². The molecule has 0 amide bonds. The molecular formula is C22H31NO3. The summed E-state index contributed by atoms with van der Waals surface area (Å²) in [6.07, 6.45) is 3.54. The Balaban J connectivity index is 1.47. The van der Waals surface area contributed by atoms with Crippen molar-refractivity contribution in [3.8, 4) is 5.75 Å². The average molecular weight is 357 g/mol. The lowest BCUT2D eigenvalue weighted by molar-refractivity contribution is -0.0545. The number of likely N-dealkylation sites (tertiary alicyclic amines) is 1. The molecule has 0 radical (unpaired) electrons. The molecule has 0 aliphatic carbocycles. The highest BCUT2D eigenvalue weighted by Crippen LogP contribution is 2.26. The fourth-order valence-corrected chi connectivity index (χ4v) is 3.40. The molecule has 1 fully saturated rings. The lowest BCUT2D eigenvalue weighted by atomic mass is 9.92. The topological polar surface area (TPSA) is 45.8 Å². The Labute approximate surface area is 156 Å². The first-order chi connectivity index (χ1) is 12.5. The van der Waals surface area contributed by atoms with Crippen molar-refractivity contribution in [1.29, 1.82) is 0 Å². The van der Waals surface area contributed by atoms with Crippen LogP contribution in [0.15, 0.2) is 34.7 Å². The van der Waals surface area contributed by atoms with Gasteiger partial charge >= 0.3 is 0 Å². The number of nitrogens with zero attached hydrogens (tertiary/aromatic N) is 1. The molecular weight excluding hydrogens is 326 g/mol. The number of rotatable bonds is 7. The summed E-state index contributed by atoms with van der Waals surface area (Å²) in [5.74, 6) is 2.92. The van der Waals surface area contributed by atoms with Crippen LogP contribution in [0, 0.1) is 13.8 Å². The van der Waals surface area contributed by atoms with E-state index in [0.29, 0.717) is 6.61 Å². The predicted molar refractivity (Wildman–Crippen MR) is 104 cm³/mol. The third-order valence-corrected chi connectivity index (χ3v) is 5.37. The second-order valence-corrected chi connectivity index (χ2v) is 7.65. The van der Waals surface area contributed by atoms with Crippen molar-refractivity contribution >= 4 is 0 Å². The summed E-state index contributed by atoms with van der Waals surface area (Å²) in [7, 11) is 0. The van der Waals surface area contributed by atoms with Gasteiger partial charge in [0.25, 0.3) is 0 Å². The van der Waals surface area contributed by atoms with E-state index in [-0.39, 0.29) is 0 Å². The van der Waals surface area contributed by atoms with Crippen molar-refractivity contribution in [1.82, 2.24) is 4.90 Å². The van der Waals surface area contributed by atoms with E-state index in [1.54, 1.807) is 0 Å². The van der Waals surface area contributed by atoms with Gasteiger partial charge in [0.1, 0.15) is 29.5 Å². The summed E-state index contributed by atoms with van der Waals surface area (Å²) in [4.78, 5) is 2.35. The van der Waals surface area contributed by atoms with Gasteiger partial charge < -0.3 is 14.3 Å². The molecule has 1 saturated heterocycles. The summed E-state index contributed by atoms with van der Waals surface area (Å²) in [6, 6.07) is 10.2. The smallest absolute Gasteiger partial charge is 0.119 e. The van der Waals surface area contributed by atoms with E-state index in [4.69, 9.17) is 9.15 Å². The number of benzene rings is 1. The molecule has 0 bridgehead atoms. The number of hydrogen-bond acceptors (Lipinski definition) is 4. The number of aliphatic hydroxyl groups is 1. The molecule has 0 atom stereocenters. The molecule has 1 N–H and O–H groups in total. The van der Waals surface area contributed by atoms with E-state index in [1.165, 1.54) is 11.1 Å². The normalized spacial score (nSPS) is 17.4. The van der Waals surface area contributed by atoms with E-state index in [9.17, 15) is 5.11 Å². The maximum absolute atomic E-state index is 10.8. The van der Waals surface area contributed by atoms with Crippen molar-refractivity contribution in [2.45, 2.75) is 58.6 Å². The van der Waals surface area contributed by atoms with Crippen molar-refractivity contribution in [2.24, 2.45) is 0 Å². The Morgan fingerprint density at radius 2 is 1.81 bits per heavy atom. The summed E-state index contributed by atoms with van der Waals surface area (Å²) in [5, 5.41) is 10.8. The molecule has 1 aromatic carbocycles. The lowest BCUT2D eigenvalue weighted by Gasteiger charge is -2.37. The standard InChI is InChI=1S/C22H31NO3/c1-4-5-19-8-9-21(26-19)15-23-12-10-22(24,11-13-23)16-25-20-7-6-17(2)18(3)14-20/h6-9,14,24H,4-5,10-13,15-16H2,1-3H3. The molecule has 0 spiro atoms. The van der Waals surface area contributed by atoms with Crippen LogP contribution in [-0.2, 0) is 13.0 Å². The third kappa shape index (κ3) is 4.89. The minimum Gasteiger partial charge on any atom is -0.491 e. The van der Waals surface area contributed by atoms with Gasteiger partial charge in [-0.2, -0.15) is 0 Å². The highest BCUT2D eigenvalue weighted by molar-refractivity contribution is 5.33. The van der Waals surface area contributed by atoms with Gasteiger partial charge in [-0.1, -0.05) is 13.0 Å². The maximum Gasteiger partial charge on any atom is 0.119 e. The van der Waals surface area contributed by atoms with Gasteiger partial charge in [0, 0.05) is 19.5 Å². The molecule has 1 aliphatic heterocycles. The first-order valence-corrected chi connectivity index (χ1v) is 9.70. The van der Waals surface area contributed by atoms with Crippen molar-refractivity contribution in [3.05, 3.63) is 53.0 Å². The zero-order valence-corrected chi connectivity index (χ0v) is 16.3. The molecule has 0 unspecified atom stereocenters. The number of piperidine rings is 1. The van der Waals surface area contributed by atoms with E-state index in [2.05, 4.69) is 43.9 Å².